The third-order valence-electron chi connectivity index (χ3n) is 4.71. The minimum atomic E-state index is -0.420. The molecule has 0 atom stereocenters. The van der Waals surface area contributed by atoms with Crippen LogP contribution in [0, 0.1) is 6.92 Å². The molecule has 176 valence electrons. The minimum absolute atomic E-state index is 0.165. The lowest BCUT2D eigenvalue weighted by molar-refractivity contribution is -0.123. The van der Waals surface area contributed by atoms with Gasteiger partial charge in [0, 0.05) is 0 Å². The topological polar surface area (TPSA) is 86.2 Å². The normalized spacial score (nSPS) is 10.6. The number of rotatable bonds is 11. The fraction of sp³-hybridized carbons (Fsp3) is 0.222. The second kappa shape index (κ2) is 12.8. The van der Waals surface area contributed by atoms with Crippen LogP contribution in [0.1, 0.15) is 41.3 Å². The zero-order valence-corrected chi connectivity index (χ0v) is 19.3. The Morgan fingerprint density at radius 1 is 0.912 bits per heavy atom. The van der Waals surface area contributed by atoms with E-state index in [2.05, 4.69) is 17.5 Å². The van der Waals surface area contributed by atoms with E-state index >= 15 is 0 Å². The molecule has 0 aromatic heterocycles. The average molecular weight is 461 g/mol. The van der Waals surface area contributed by atoms with E-state index in [9.17, 15) is 9.59 Å². The molecular weight excluding hydrogens is 432 g/mol. The number of hydrogen-bond donors (Lipinski definition) is 1. The number of unbranched alkanes of at least 4 members (excludes halogenated alkanes) is 1. The van der Waals surface area contributed by atoms with Crippen LogP contribution in [-0.4, -0.2) is 31.3 Å². The van der Waals surface area contributed by atoms with Gasteiger partial charge in [-0.15, -0.1) is 0 Å². The van der Waals surface area contributed by atoms with E-state index < -0.39 is 5.97 Å². The predicted molar refractivity (Wildman–Crippen MR) is 131 cm³/mol. The molecule has 34 heavy (non-hydrogen) atoms. The highest BCUT2D eigenvalue weighted by Gasteiger charge is 2.08. The number of nitrogens with one attached hydrogen (secondary N) is 1. The van der Waals surface area contributed by atoms with Gasteiger partial charge in [0.25, 0.3) is 5.91 Å². The first-order chi connectivity index (χ1) is 16.5. The Morgan fingerprint density at radius 2 is 1.59 bits per heavy atom. The van der Waals surface area contributed by atoms with Gasteiger partial charge in [0.05, 0.1) is 18.4 Å². The van der Waals surface area contributed by atoms with Crippen LogP contribution in [0.4, 0.5) is 0 Å². The lowest BCUT2D eigenvalue weighted by atomic mass is 10.1. The minimum Gasteiger partial charge on any atom is -0.494 e. The zero-order chi connectivity index (χ0) is 24.2. The summed E-state index contributed by atoms with van der Waals surface area (Å²) in [7, 11) is 0. The van der Waals surface area contributed by atoms with Crippen molar-refractivity contribution in [1.29, 1.82) is 0 Å². The number of carbonyl (C=O) groups excluding carboxylic acids is 2. The van der Waals surface area contributed by atoms with Gasteiger partial charge in [-0.3, -0.25) is 4.79 Å². The highest BCUT2D eigenvalue weighted by atomic mass is 16.5. The molecule has 7 nitrogen and oxygen atoms in total. The number of hydrogen-bond acceptors (Lipinski definition) is 6. The Hall–Kier alpha value is -4.13. The Morgan fingerprint density at radius 3 is 2.26 bits per heavy atom. The van der Waals surface area contributed by atoms with Crippen LogP contribution in [0.5, 0.6) is 17.2 Å². The average Bonchev–Trinajstić information content (AvgIpc) is 2.85. The van der Waals surface area contributed by atoms with Crippen LogP contribution in [0.2, 0.25) is 0 Å². The van der Waals surface area contributed by atoms with Crippen LogP contribution in [0.25, 0.3) is 0 Å². The molecule has 0 fully saturated rings. The standard InChI is InChI=1S/C27H28N2O5/c1-3-4-16-32-23-12-14-24(15-13-23)33-19-26(30)29-28-18-21-8-10-25(11-9-21)34-27(31)22-7-5-6-20(2)17-22/h5-15,17-18H,3-4,16,19H2,1-2H3,(H,29,30)/b28-18+. The smallest absolute Gasteiger partial charge is 0.343 e. The monoisotopic (exact) mass is 460 g/mol. The second-order valence-corrected chi connectivity index (χ2v) is 7.58. The van der Waals surface area contributed by atoms with Gasteiger partial charge < -0.3 is 14.2 Å². The fourth-order valence-electron chi connectivity index (χ4n) is 2.89. The largest absolute Gasteiger partial charge is 0.494 e. The molecule has 3 rings (SSSR count). The maximum Gasteiger partial charge on any atom is 0.343 e. The van der Waals surface area contributed by atoms with Crippen LogP contribution in [0.15, 0.2) is 77.9 Å². The van der Waals surface area contributed by atoms with E-state index in [1.165, 1.54) is 6.21 Å². The van der Waals surface area contributed by atoms with Crippen molar-refractivity contribution in [2.45, 2.75) is 26.7 Å². The summed E-state index contributed by atoms with van der Waals surface area (Å²) in [4.78, 5) is 24.2. The van der Waals surface area contributed by atoms with Gasteiger partial charge >= 0.3 is 5.97 Å². The van der Waals surface area contributed by atoms with Crippen molar-refractivity contribution >= 4 is 18.1 Å². The molecule has 0 radical (unpaired) electrons. The van der Waals surface area contributed by atoms with E-state index in [0.717, 1.165) is 29.7 Å². The second-order valence-electron chi connectivity index (χ2n) is 7.58. The number of esters is 1. The Bertz CT molecular complexity index is 1110. The molecule has 0 saturated heterocycles. The quantitative estimate of drug-likeness (QED) is 0.144. The summed E-state index contributed by atoms with van der Waals surface area (Å²) in [6.45, 7) is 4.54. The van der Waals surface area contributed by atoms with Crippen molar-refractivity contribution in [3.05, 3.63) is 89.5 Å². The molecule has 0 bridgehead atoms. The molecule has 7 heteroatoms. The highest BCUT2D eigenvalue weighted by Crippen LogP contribution is 2.18. The first-order valence-corrected chi connectivity index (χ1v) is 11.1. The molecule has 0 saturated carbocycles. The third kappa shape index (κ3) is 8.09. The van der Waals surface area contributed by atoms with Crippen molar-refractivity contribution in [3.63, 3.8) is 0 Å². The lowest BCUT2D eigenvalue weighted by Gasteiger charge is -2.08. The Balaban J connectivity index is 1.40. The van der Waals surface area contributed by atoms with E-state index in [-0.39, 0.29) is 12.5 Å². The van der Waals surface area contributed by atoms with Gasteiger partial charge in [0.2, 0.25) is 0 Å². The first kappa shape index (κ1) is 24.5. The van der Waals surface area contributed by atoms with Gasteiger partial charge in [-0.1, -0.05) is 31.0 Å². The maximum atomic E-state index is 12.2. The maximum absolute atomic E-state index is 12.2. The van der Waals surface area contributed by atoms with Gasteiger partial charge in [-0.05, 0) is 79.6 Å². The summed E-state index contributed by atoms with van der Waals surface area (Å²) >= 11 is 0. The van der Waals surface area contributed by atoms with Crippen LogP contribution < -0.4 is 19.6 Å². The zero-order valence-electron chi connectivity index (χ0n) is 19.3. The number of ether oxygens (including phenoxy) is 3. The highest BCUT2D eigenvalue weighted by molar-refractivity contribution is 5.91. The Kier molecular flexibility index (Phi) is 9.22. The summed E-state index contributed by atoms with van der Waals surface area (Å²) in [6, 6.07) is 21.1. The van der Waals surface area contributed by atoms with Crippen molar-refractivity contribution in [3.8, 4) is 17.2 Å². The first-order valence-electron chi connectivity index (χ1n) is 11.1. The van der Waals surface area contributed by atoms with E-state index in [1.807, 2.05) is 31.2 Å². The Labute approximate surface area is 199 Å². The number of hydrazone groups is 1. The molecule has 1 amide bonds. The molecule has 0 aliphatic heterocycles. The summed E-state index contributed by atoms with van der Waals surface area (Å²) in [6.07, 6.45) is 3.57. The fourth-order valence-corrected chi connectivity index (χ4v) is 2.89. The number of amides is 1. The molecular formula is C27H28N2O5. The van der Waals surface area contributed by atoms with E-state index in [4.69, 9.17) is 14.2 Å². The number of carbonyl (C=O) groups is 2. The molecule has 0 spiro atoms. The SMILES string of the molecule is CCCCOc1ccc(OCC(=O)N/N=C/c2ccc(OC(=O)c3cccc(C)c3)cc2)cc1. The van der Waals surface area contributed by atoms with Crippen molar-refractivity contribution < 1.29 is 23.8 Å². The molecule has 0 aliphatic carbocycles. The lowest BCUT2D eigenvalue weighted by Crippen LogP contribution is -2.24. The molecule has 3 aromatic carbocycles. The van der Waals surface area contributed by atoms with Crippen molar-refractivity contribution in [1.82, 2.24) is 5.43 Å². The summed E-state index contributed by atoms with van der Waals surface area (Å²) in [5.74, 6) is 0.950. The van der Waals surface area contributed by atoms with Gasteiger partial charge in [-0.2, -0.15) is 5.10 Å². The third-order valence-corrected chi connectivity index (χ3v) is 4.71. The number of nitrogens with zero attached hydrogens (tertiary/aromatic N) is 1. The molecule has 0 unspecified atom stereocenters. The molecule has 0 heterocycles. The van der Waals surface area contributed by atoms with E-state index in [0.29, 0.717) is 23.7 Å². The van der Waals surface area contributed by atoms with Crippen LogP contribution >= 0.6 is 0 Å². The van der Waals surface area contributed by atoms with Crippen LogP contribution in [-0.2, 0) is 4.79 Å². The molecule has 1 N–H and O–H groups in total. The number of benzene rings is 3. The van der Waals surface area contributed by atoms with Crippen LogP contribution in [0.3, 0.4) is 0 Å². The van der Waals surface area contributed by atoms with Crippen molar-refractivity contribution in [2.75, 3.05) is 13.2 Å². The summed E-state index contributed by atoms with van der Waals surface area (Å²) in [5.41, 5.74) is 4.63. The predicted octanol–water partition coefficient (Wildman–Crippen LogP) is 4.92. The number of aryl methyl sites for hydroxylation is 1. The summed E-state index contributed by atoms with van der Waals surface area (Å²) < 4.78 is 16.4. The van der Waals surface area contributed by atoms with Gasteiger partial charge in [0.15, 0.2) is 6.61 Å². The van der Waals surface area contributed by atoms with Crippen molar-refractivity contribution in [2.24, 2.45) is 5.10 Å². The summed E-state index contributed by atoms with van der Waals surface area (Å²) in [5, 5.41) is 3.93. The molecule has 0 aliphatic rings. The van der Waals surface area contributed by atoms with E-state index in [1.54, 1.807) is 48.5 Å². The molecule has 3 aromatic rings. The van der Waals surface area contributed by atoms with Gasteiger partial charge in [-0.25, -0.2) is 10.2 Å². The van der Waals surface area contributed by atoms with Gasteiger partial charge in [0.1, 0.15) is 17.2 Å².